The van der Waals surface area contributed by atoms with Gasteiger partial charge >= 0.3 is 0 Å². The standard InChI is InChI=1S/C11H19N3O3S/c1-2-5-14(6-7-15)11-8-9(18(13,16)17)3-4-10(11)12/h3-4,8,15H,2,5-7,12H2,1H3,(H2,13,16,17). The van der Waals surface area contributed by atoms with Crippen LogP contribution in [0.3, 0.4) is 0 Å². The molecule has 0 fully saturated rings. The lowest BCUT2D eigenvalue weighted by Crippen LogP contribution is -2.28. The second kappa shape index (κ2) is 6.03. The van der Waals surface area contributed by atoms with Gasteiger partial charge in [0.25, 0.3) is 0 Å². The molecule has 5 N–H and O–H groups in total. The summed E-state index contributed by atoms with van der Waals surface area (Å²) in [6.07, 6.45) is 0.860. The number of sulfonamides is 1. The van der Waals surface area contributed by atoms with E-state index in [1.54, 1.807) is 0 Å². The van der Waals surface area contributed by atoms with Crippen molar-refractivity contribution >= 4 is 21.4 Å². The van der Waals surface area contributed by atoms with Crippen LogP contribution in [0.25, 0.3) is 0 Å². The number of primary sulfonamides is 1. The van der Waals surface area contributed by atoms with Crippen LogP contribution < -0.4 is 15.8 Å². The third-order valence-electron chi connectivity index (χ3n) is 2.53. The van der Waals surface area contributed by atoms with Crippen LogP contribution in [0.15, 0.2) is 23.1 Å². The summed E-state index contributed by atoms with van der Waals surface area (Å²) in [5, 5.41) is 14.1. The molecular weight excluding hydrogens is 254 g/mol. The predicted molar refractivity (Wildman–Crippen MR) is 71.8 cm³/mol. The molecule has 0 unspecified atom stereocenters. The Hall–Kier alpha value is -1.31. The van der Waals surface area contributed by atoms with Crippen LogP contribution >= 0.6 is 0 Å². The Bertz CT molecular complexity index is 496. The maximum Gasteiger partial charge on any atom is 0.238 e. The van der Waals surface area contributed by atoms with Gasteiger partial charge in [0.2, 0.25) is 10.0 Å². The van der Waals surface area contributed by atoms with Crippen LogP contribution in [0, 0.1) is 0 Å². The van der Waals surface area contributed by atoms with Crippen LogP contribution in [-0.2, 0) is 10.0 Å². The summed E-state index contributed by atoms with van der Waals surface area (Å²) >= 11 is 0. The summed E-state index contributed by atoms with van der Waals surface area (Å²) in [6.45, 7) is 3.04. The summed E-state index contributed by atoms with van der Waals surface area (Å²) < 4.78 is 22.6. The molecule has 102 valence electrons. The fraction of sp³-hybridized carbons (Fsp3) is 0.455. The molecule has 7 heteroatoms. The Balaban J connectivity index is 3.20. The minimum absolute atomic E-state index is 0.0192. The van der Waals surface area contributed by atoms with Gasteiger partial charge in [-0.3, -0.25) is 0 Å². The predicted octanol–water partition coefficient (Wildman–Crippen LogP) is 0.125. The highest BCUT2D eigenvalue weighted by Gasteiger charge is 2.14. The number of hydrogen-bond acceptors (Lipinski definition) is 5. The van der Waals surface area contributed by atoms with E-state index in [9.17, 15) is 8.42 Å². The van der Waals surface area contributed by atoms with E-state index in [2.05, 4.69) is 0 Å². The first-order valence-corrected chi connectivity index (χ1v) is 7.23. The number of benzene rings is 1. The van der Waals surface area contributed by atoms with E-state index in [1.165, 1.54) is 18.2 Å². The van der Waals surface area contributed by atoms with Crippen molar-refractivity contribution in [3.05, 3.63) is 18.2 Å². The normalized spacial score (nSPS) is 11.5. The van der Waals surface area contributed by atoms with Crippen LogP contribution in [0.5, 0.6) is 0 Å². The van der Waals surface area contributed by atoms with E-state index in [0.717, 1.165) is 6.42 Å². The van der Waals surface area contributed by atoms with Crippen molar-refractivity contribution < 1.29 is 13.5 Å². The number of nitrogen functional groups attached to an aromatic ring is 1. The van der Waals surface area contributed by atoms with E-state index >= 15 is 0 Å². The molecular formula is C11H19N3O3S. The molecule has 0 spiro atoms. The number of rotatable bonds is 6. The molecule has 1 aromatic carbocycles. The molecule has 6 nitrogen and oxygen atoms in total. The summed E-state index contributed by atoms with van der Waals surface area (Å²) in [7, 11) is -3.75. The molecule has 0 aromatic heterocycles. The maximum atomic E-state index is 11.3. The van der Waals surface area contributed by atoms with E-state index in [0.29, 0.717) is 24.5 Å². The number of aliphatic hydroxyl groups excluding tert-OH is 1. The molecule has 18 heavy (non-hydrogen) atoms. The van der Waals surface area contributed by atoms with Gasteiger partial charge in [0, 0.05) is 13.1 Å². The molecule has 1 rings (SSSR count). The Morgan fingerprint density at radius 2 is 2.00 bits per heavy atom. The summed E-state index contributed by atoms with van der Waals surface area (Å²) in [5.41, 5.74) is 6.88. The zero-order chi connectivity index (χ0) is 13.8. The smallest absolute Gasteiger partial charge is 0.238 e. The Morgan fingerprint density at radius 3 is 2.50 bits per heavy atom. The largest absolute Gasteiger partial charge is 0.397 e. The lowest BCUT2D eigenvalue weighted by atomic mass is 10.2. The number of aliphatic hydroxyl groups is 1. The van der Waals surface area contributed by atoms with Gasteiger partial charge < -0.3 is 15.7 Å². The van der Waals surface area contributed by atoms with Crippen LogP contribution in [0.4, 0.5) is 11.4 Å². The second-order valence-electron chi connectivity index (χ2n) is 3.98. The fourth-order valence-electron chi connectivity index (χ4n) is 1.72. The number of anilines is 2. The van der Waals surface area contributed by atoms with Crippen LogP contribution in [0.2, 0.25) is 0 Å². The van der Waals surface area contributed by atoms with Gasteiger partial charge in [0.1, 0.15) is 0 Å². The molecule has 0 aliphatic rings. The summed E-state index contributed by atoms with van der Waals surface area (Å²) in [4.78, 5) is 1.86. The van der Waals surface area contributed by atoms with Crippen LogP contribution in [-0.4, -0.2) is 33.2 Å². The van der Waals surface area contributed by atoms with Gasteiger partial charge in [-0.25, -0.2) is 13.6 Å². The Kier molecular flexibility index (Phi) is 4.94. The average Bonchev–Trinajstić information content (AvgIpc) is 2.28. The first kappa shape index (κ1) is 14.7. The number of nitrogens with zero attached hydrogens (tertiary/aromatic N) is 1. The van der Waals surface area contributed by atoms with Crippen molar-refractivity contribution in [2.75, 3.05) is 30.3 Å². The fourth-order valence-corrected chi connectivity index (χ4v) is 2.25. The minimum Gasteiger partial charge on any atom is -0.397 e. The number of hydrogen-bond donors (Lipinski definition) is 3. The number of nitrogens with two attached hydrogens (primary N) is 2. The topological polar surface area (TPSA) is 110 Å². The average molecular weight is 273 g/mol. The molecule has 0 aliphatic carbocycles. The van der Waals surface area contributed by atoms with Gasteiger partial charge in [-0.1, -0.05) is 6.92 Å². The van der Waals surface area contributed by atoms with Gasteiger partial charge in [-0.2, -0.15) is 0 Å². The third kappa shape index (κ3) is 3.59. The molecule has 0 atom stereocenters. The highest BCUT2D eigenvalue weighted by molar-refractivity contribution is 7.89. The lowest BCUT2D eigenvalue weighted by molar-refractivity contribution is 0.302. The van der Waals surface area contributed by atoms with E-state index < -0.39 is 10.0 Å². The quantitative estimate of drug-likeness (QED) is 0.638. The van der Waals surface area contributed by atoms with Crippen molar-refractivity contribution in [3.63, 3.8) is 0 Å². The minimum atomic E-state index is -3.75. The van der Waals surface area contributed by atoms with Gasteiger partial charge in [0.05, 0.1) is 22.9 Å². The molecule has 1 aromatic rings. The van der Waals surface area contributed by atoms with Gasteiger partial charge in [-0.15, -0.1) is 0 Å². The molecule has 0 saturated heterocycles. The summed E-state index contributed by atoms with van der Waals surface area (Å²) in [5.74, 6) is 0. The molecule has 0 radical (unpaired) electrons. The Labute approximate surface area is 107 Å². The van der Waals surface area contributed by atoms with E-state index in [4.69, 9.17) is 16.0 Å². The zero-order valence-electron chi connectivity index (χ0n) is 10.3. The first-order valence-electron chi connectivity index (χ1n) is 5.68. The molecule has 0 saturated carbocycles. The van der Waals surface area contributed by atoms with Crippen molar-refractivity contribution in [1.82, 2.24) is 0 Å². The second-order valence-corrected chi connectivity index (χ2v) is 5.54. The van der Waals surface area contributed by atoms with Crippen molar-refractivity contribution in [2.45, 2.75) is 18.2 Å². The molecule has 0 aliphatic heterocycles. The first-order chi connectivity index (χ1) is 8.40. The SMILES string of the molecule is CCCN(CCO)c1cc(S(N)(=O)=O)ccc1N. The molecule has 0 bridgehead atoms. The van der Waals surface area contributed by atoms with Crippen molar-refractivity contribution in [3.8, 4) is 0 Å². The van der Waals surface area contributed by atoms with Crippen molar-refractivity contribution in [1.29, 1.82) is 0 Å². The van der Waals surface area contributed by atoms with Crippen molar-refractivity contribution in [2.24, 2.45) is 5.14 Å². The maximum absolute atomic E-state index is 11.3. The van der Waals surface area contributed by atoms with E-state index in [-0.39, 0.29) is 11.5 Å². The zero-order valence-corrected chi connectivity index (χ0v) is 11.2. The van der Waals surface area contributed by atoms with Crippen LogP contribution in [0.1, 0.15) is 13.3 Å². The summed E-state index contributed by atoms with van der Waals surface area (Å²) in [6, 6.07) is 4.32. The van der Waals surface area contributed by atoms with Gasteiger partial charge in [0.15, 0.2) is 0 Å². The highest BCUT2D eigenvalue weighted by atomic mass is 32.2. The van der Waals surface area contributed by atoms with Gasteiger partial charge in [-0.05, 0) is 24.6 Å². The third-order valence-corrected chi connectivity index (χ3v) is 3.45. The molecule has 0 heterocycles. The van der Waals surface area contributed by atoms with E-state index in [1.807, 2.05) is 11.8 Å². The monoisotopic (exact) mass is 273 g/mol. The Morgan fingerprint density at radius 1 is 1.33 bits per heavy atom. The lowest BCUT2D eigenvalue weighted by Gasteiger charge is -2.25. The highest BCUT2D eigenvalue weighted by Crippen LogP contribution is 2.26. The molecule has 0 amide bonds.